The van der Waals surface area contributed by atoms with Gasteiger partial charge in [-0.25, -0.2) is 0 Å². The zero-order valence-electron chi connectivity index (χ0n) is 13.5. The van der Waals surface area contributed by atoms with Crippen molar-refractivity contribution >= 4 is 17.5 Å². The largest absolute Gasteiger partial charge is 0.417 e. The van der Waals surface area contributed by atoms with Crippen molar-refractivity contribution in [3.05, 3.63) is 33.2 Å². The summed E-state index contributed by atoms with van der Waals surface area (Å²) in [6.07, 6.45) is -1.10. The van der Waals surface area contributed by atoms with E-state index in [2.05, 4.69) is 12.2 Å². The highest BCUT2D eigenvalue weighted by Crippen LogP contribution is 2.30. The van der Waals surface area contributed by atoms with Crippen molar-refractivity contribution in [2.45, 2.75) is 51.9 Å². The van der Waals surface area contributed by atoms with E-state index in [9.17, 15) is 22.8 Å². The van der Waals surface area contributed by atoms with Gasteiger partial charge in [-0.3, -0.25) is 9.59 Å². The van der Waals surface area contributed by atoms with Gasteiger partial charge in [0.25, 0.3) is 5.56 Å². The minimum absolute atomic E-state index is 0.0294. The molecule has 1 aliphatic carbocycles. The van der Waals surface area contributed by atoms with Crippen molar-refractivity contribution in [2.75, 3.05) is 0 Å². The maximum Gasteiger partial charge on any atom is 0.417 e. The van der Waals surface area contributed by atoms with Crippen molar-refractivity contribution in [1.29, 1.82) is 0 Å². The predicted molar refractivity (Wildman–Crippen MR) is 84.8 cm³/mol. The van der Waals surface area contributed by atoms with Crippen molar-refractivity contribution in [3.63, 3.8) is 0 Å². The first kappa shape index (κ1) is 18.8. The molecule has 1 aromatic rings. The molecule has 1 saturated carbocycles. The van der Waals surface area contributed by atoms with E-state index in [0.29, 0.717) is 22.7 Å². The van der Waals surface area contributed by atoms with E-state index in [4.69, 9.17) is 11.6 Å². The van der Waals surface area contributed by atoms with Crippen LogP contribution in [0.1, 0.15) is 38.7 Å². The fourth-order valence-corrected chi connectivity index (χ4v) is 3.29. The summed E-state index contributed by atoms with van der Waals surface area (Å²) in [4.78, 5) is 24.0. The number of halogens is 4. The lowest BCUT2D eigenvalue weighted by atomic mass is 9.78. The van der Waals surface area contributed by atoms with E-state index in [1.165, 1.54) is 0 Å². The highest BCUT2D eigenvalue weighted by Gasteiger charge is 2.32. The van der Waals surface area contributed by atoms with Gasteiger partial charge in [0.15, 0.2) is 0 Å². The van der Waals surface area contributed by atoms with Crippen LogP contribution in [-0.2, 0) is 17.5 Å². The number of nitrogens with one attached hydrogen (secondary N) is 1. The molecule has 0 saturated heterocycles. The van der Waals surface area contributed by atoms with Gasteiger partial charge in [-0.15, -0.1) is 0 Å². The van der Waals surface area contributed by atoms with Gasteiger partial charge < -0.3 is 9.88 Å². The molecule has 134 valence electrons. The molecule has 0 radical (unpaired) electrons. The van der Waals surface area contributed by atoms with Crippen LogP contribution in [0.15, 0.2) is 17.1 Å². The van der Waals surface area contributed by atoms with Gasteiger partial charge in [0.05, 0.1) is 5.56 Å². The van der Waals surface area contributed by atoms with Crippen LogP contribution in [0, 0.1) is 11.8 Å². The number of hydrogen-bond acceptors (Lipinski definition) is 2. The molecule has 2 rings (SSSR count). The molecule has 4 nitrogen and oxygen atoms in total. The number of carbonyl (C=O) groups is 1. The number of amides is 1. The molecule has 8 heteroatoms. The average Bonchev–Trinajstić information content (AvgIpc) is 2.47. The number of hydrogen-bond donors (Lipinski definition) is 1. The van der Waals surface area contributed by atoms with Gasteiger partial charge in [-0.1, -0.05) is 38.3 Å². The van der Waals surface area contributed by atoms with Crippen molar-refractivity contribution < 1.29 is 18.0 Å². The molecule has 0 aliphatic heterocycles. The molecule has 1 heterocycles. The van der Waals surface area contributed by atoms with E-state index >= 15 is 0 Å². The Morgan fingerprint density at radius 2 is 2.04 bits per heavy atom. The SMILES string of the molecule is C[C@@H]1[C@H](C)CCC[C@H]1NC(=O)Cn1cc(C(F)(F)F)cc(Cl)c1=O. The lowest BCUT2D eigenvalue weighted by molar-refractivity contribution is -0.138. The zero-order valence-corrected chi connectivity index (χ0v) is 14.2. The second kappa shape index (κ2) is 7.17. The van der Waals surface area contributed by atoms with Crippen LogP contribution in [0.4, 0.5) is 13.2 Å². The summed E-state index contributed by atoms with van der Waals surface area (Å²) >= 11 is 5.58. The molecule has 1 N–H and O–H groups in total. The highest BCUT2D eigenvalue weighted by molar-refractivity contribution is 6.30. The van der Waals surface area contributed by atoms with Crippen molar-refractivity contribution in [3.8, 4) is 0 Å². The number of alkyl halides is 3. The summed E-state index contributed by atoms with van der Waals surface area (Å²) in [5, 5.41) is 2.27. The Bertz CT molecular complexity index is 672. The number of rotatable bonds is 3. The third-order valence-corrected chi connectivity index (χ3v) is 5.01. The molecular weight excluding hydrogens is 345 g/mol. The second-order valence-corrected chi connectivity index (χ2v) is 6.86. The molecule has 1 fully saturated rings. The first-order valence-electron chi connectivity index (χ1n) is 7.86. The summed E-state index contributed by atoms with van der Waals surface area (Å²) in [5.41, 5.74) is -1.87. The highest BCUT2D eigenvalue weighted by atomic mass is 35.5. The minimum atomic E-state index is -4.64. The van der Waals surface area contributed by atoms with E-state index in [0.717, 1.165) is 19.3 Å². The van der Waals surface area contributed by atoms with Gasteiger partial charge >= 0.3 is 6.18 Å². The fraction of sp³-hybridized carbons (Fsp3) is 0.625. The smallest absolute Gasteiger partial charge is 0.352 e. The molecule has 0 aromatic carbocycles. The van der Waals surface area contributed by atoms with E-state index in [1.54, 1.807) is 0 Å². The van der Waals surface area contributed by atoms with Crippen LogP contribution >= 0.6 is 11.6 Å². The molecule has 1 amide bonds. The van der Waals surface area contributed by atoms with Crippen LogP contribution < -0.4 is 10.9 Å². The van der Waals surface area contributed by atoms with Gasteiger partial charge in [-0.05, 0) is 24.3 Å². The topological polar surface area (TPSA) is 51.1 Å². The fourth-order valence-electron chi connectivity index (χ4n) is 3.06. The summed E-state index contributed by atoms with van der Waals surface area (Å²) < 4.78 is 39.1. The van der Waals surface area contributed by atoms with Crippen LogP contribution in [0.3, 0.4) is 0 Å². The first-order valence-corrected chi connectivity index (χ1v) is 8.24. The third kappa shape index (κ3) is 4.32. The summed E-state index contributed by atoms with van der Waals surface area (Å²) in [6.45, 7) is 3.67. The average molecular weight is 365 g/mol. The molecule has 3 atom stereocenters. The van der Waals surface area contributed by atoms with Crippen LogP contribution in [0.2, 0.25) is 5.02 Å². The third-order valence-electron chi connectivity index (χ3n) is 4.74. The Morgan fingerprint density at radius 1 is 1.38 bits per heavy atom. The van der Waals surface area contributed by atoms with Crippen molar-refractivity contribution in [1.82, 2.24) is 9.88 Å². The summed E-state index contributed by atoms with van der Waals surface area (Å²) in [6, 6.07) is 0.543. The first-order chi connectivity index (χ1) is 11.1. The van der Waals surface area contributed by atoms with Crippen LogP contribution in [-0.4, -0.2) is 16.5 Å². The van der Waals surface area contributed by atoms with Crippen LogP contribution in [0.25, 0.3) is 0 Å². The Kier molecular flexibility index (Phi) is 5.63. The number of nitrogens with zero attached hydrogens (tertiary/aromatic N) is 1. The second-order valence-electron chi connectivity index (χ2n) is 6.45. The minimum Gasteiger partial charge on any atom is -0.352 e. The van der Waals surface area contributed by atoms with E-state index in [1.807, 2.05) is 6.92 Å². The maximum absolute atomic E-state index is 12.8. The monoisotopic (exact) mass is 364 g/mol. The van der Waals surface area contributed by atoms with Crippen molar-refractivity contribution in [2.24, 2.45) is 11.8 Å². The van der Waals surface area contributed by atoms with Gasteiger partial charge in [0, 0.05) is 12.2 Å². The molecule has 0 bridgehead atoms. The standard InChI is InChI=1S/C16H20ClF3N2O2/c1-9-4-3-5-13(10(9)2)21-14(23)8-22-7-11(16(18,19)20)6-12(17)15(22)24/h6-7,9-10,13H,3-5,8H2,1-2H3,(H,21,23)/t9-,10-,13-/m1/s1. The molecular formula is C16H20ClF3N2O2. The van der Waals surface area contributed by atoms with Crippen LogP contribution in [0.5, 0.6) is 0 Å². The summed E-state index contributed by atoms with van der Waals surface area (Å²) in [7, 11) is 0. The maximum atomic E-state index is 12.8. The van der Waals surface area contributed by atoms with E-state index < -0.39 is 34.8 Å². The van der Waals surface area contributed by atoms with E-state index in [-0.39, 0.29) is 12.0 Å². The predicted octanol–water partition coefficient (Wildman–Crippen LogP) is 3.46. The molecule has 0 spiro atoms. The van der Waals surface area contributed by atoms with Gasteiger partial charge in [-0.2, -0.15) is 13.2 Å². The molecule has 1 aromatic heterocycles. The number of aromatic nitrogens is 1. The molecule has 1 aliphatic rings. The lowest BCUT2D eigenvalue weighted by Gasteiger charge is -2.34. The Labute approximate surface area is 143 Å². The Hall–Kier alpha value is -1.50. The lowest BCUT2D eigenvalue weighted by Crippen LogP contribution is -2.45. The molecule has 24 heavy (non-hydrogen) atoms. The van der Waals surface area contributed by atoms with Gasteiger partial charge in [0.1, 0.15) is 11.6 Å². The Morgan fingerprint density at radius 3 is 2.67 bits per heavy atom. The number of carbonyl (C=O) groups excluding carboxylic acids is 1. The summed E-state index contributed by atoms with van der Waals surface area (Å²) in [5.74, 6) is 0.262. The molecule has 0 unspecified atom stereocenters. The normalized spacial score (nSPS) is 24.7. The zero-order chi connectivity index (χ0) is 18.1. The Balaban J connectivity index is 2.14. The quantitative estimate of drug-likeness (QED) is 0.893. The van der Waals surface area contributed by atoms with Gasteiger partial charge in [0.2, 0.25) is 5.91 Å². The number of pyridine rings is 1.